The lowest BCUT2D eigenvalue weighted by atomic mass is 10.2. The van der Waals surface area contributed by atoms with E-state index in [1.54, 1.807) is 0 Å². The highest BCUT2D eigenvalue weighted by Crippen LogP contribution is 2.29. The van der Waals surface area contributed by atoms with Crippen molar-refractivity contribution in [3.8, 4) is 0 Å². The Morgan fingerprint density at radius 3 is 2.19 bits per heavy atom. The van der Waals surface area contributed by atoms with Crippen LogP contribution in [-0.2, 0) is 14.4 Å². The first-order chi connectivity index (χ1) is 7.43. The predicted octanol–water partition coefficient (Wildman–Crippen LogP) is 0.315. The van der Waals surface area contributed by atoms with Crippen LogP contribution < -0.4 is 0 Å². The third kappa shape index (κ3) is 3.22. The maximum atomic E-state index is 11.7. The highest BCUT2D eigenvalue weighted by Gasteiger charge is 2.38. The van der Waals surface area contributed by atoms with Crippen molar-refractivity contribution in [2.75, 3.05) is 0 Å². The van der Waals surface area contributed by atoms with Crippen LogP contribution in [0.2, 0.25) is 0 Å². The van der Waals surface area contributed by atoms with Gasteiger partial charge in [-0.1, -0.05) is 0 Å². The van der Waals surface area contributed by atoms with Gasteiger partial charge in [-0.3, -0.25) is 9.59 Å². The summed E-state index contributed by atoms with van der Waals surface area (Å²) < 4.78 is 0. The van der Waals surface area contributed by atoms with Crippen molar-refractivity contribution >= 4 is 17.8 Å². The fraction of sp³-hybridized carbons (Fsp3) is 0.700. The van der Waals surface area contributed by atoms with Crippen LogP contribution in [0.4, 0.5) is 0 Å². The van der Waals surface area contributed by atoms with Crippen LogP contribution in [0.15, 0.2) is 0 Å². The summed E-state index contributed by atoms with van der Waals surface area (Å²) in [6.07, 6.45) is 1.21. The molecular formula is C10H15NO5. The molecule has 16 heavy (non-hydrogen) atoms. The Bertz CT molecular complexity index is 310. The van der Waals surface area contributed by atoms with E-state index in [0.717, 1.165) is 12.8 Å². The molecule has 2 N–H and O–H groups in total. The minimum atomic E-state index is -1.06. The smallest absolute Gasteiger partial charge is 0.326 e. The third-order valence-corrected chi connectivity index (χ3v) is 2.56. The number of carboxylic acids is 2. The topological polar surface area (TPSA) is 94.9 Å². The van der Waals surface area contributed by atoms with Crippen LogP contribution in [0.1, 0.15) is 32.6 Å². The number of carbonyl (C=O) groups excluding carboxylic acids is 1. The van der Waals surface area contributed by atoms with E-state index in [2.05, 4.69) is 0 Å². The maximum absolute atomic E-state index is 11.7. The van der Waals surface area contributed by atoms with Crippen molar-refractivity contribution in [2.45, 2.75) is 44.7 Å². The van der Waals surface area contributed by atoms with E-state index in [1.165, 1.54) is 11.8 Å². The van der Waals surface area contributed by atoms with E-state index < -0.39 is 18.0 Å². The van der Waals surface area contributed by atoms with Crippen LogP contribution >= 0.6 is 0 Å². The Balaban J connectivity index is 2.59. The van der Waals surface area contributed by atoms with E-state index in [9.17, 15) is 14.4 Å². The van der Waals surface area contributed by atoms with Crippen molar-refractivity contribution < 1.29 is 24.6 Å². The fourth-order valence-electron chi connectivity index (χ4n) is 1.55. The van der Waals surface area contributed by atoms with E-state index in [-0.39, 0.29) is 24.8 Å². The van der Waals surface area contributed by atoms with Crippen molar-refractivity contribution in [1.29, 1.82) is 0 Å². The first-order valence-corrected chi connectivity index (χ1v) is 5.19. The molecule has 1 amide bonds. The zero-order valence-electron chi connectivity index (χ0n) is 9.05. The molecule has 6 nitrogen and oxygen atoms in total. The van der Waals surface area contributed by atoms with Gasteiger partial charge in [-0.15, -0.1) is 0 Å². The summed E-state index contributed by atoms with van der Waals surface area (Å²) in [5, 5.41) is 17.3. The van der Waals surface area contributed by atoms with Crippen molar-refractivity contribution in [3.05, 3.63) is 0 Å². The number of amides is 1. The molecule has 0 aromatic carbocycles. The lowest BCUT2D eigenvalue weighted by Gasteiger charge is -2.26. The fourth-order valence-corrected chi connectivity index (χ4v) is 1.55. The highest BCUT2D eigenvalue weighted by atomic mass is 16.4. The SMILES string of the molecule is CC(C(=O)O)N(C(=O)CCC(=O)O)C1CC1. The molecule has 1 fully saturated rings. The number of hydrogen-bond donors (Lipinski definition) is 2. The van der Waals surface area contributed by atoms with Gasteiger partial charge in [-0.25, -0.2) is 4.79 Å². The molecule has 1 unspecified atom stereocenters. The molecule has 0 aliphatic heterocycles. The monoisotopic (exact) mass is 229 g/mol. The predicted molar refractivity (Wildman–Crippen MR) is 53.8 cm³/mol. The number of rotatable bonds is 6. The number of carboxylic acid groups (broad SMARTS) is 2. The second kappa shape index (κ2) is 4.96. The maximum Gasteiger partial charge on any atom is 0.326 e. The summed E-state index contributed by atoms with van der Waals surface area (Å²) in [6.45, 7) is 1.44. The molecule has 1 aliphatic rings. The lowest BCUT2D eigenvalue weighted by molar-refractivity contribution is -0.150. The zero-order valence-corrected chi connectivity index (χ0v) is 9.05. The Kier molecular flexibility index (Phi) is 3.87. The summed E-state index contributed by atoms with van der Waals surface area (Å²) in [5.41, 5.74) is 0. The lowest BCUT2D eigenvalue weighted by Crippen LogP contribution is -2.44. The number of aliphatic carboxylic acids is 2. The van der Waals surface area contributed by atoms with Crippen molar-refractivity contribution in [2.24, 2.45) is 0 Å². The normalized spacial score (nSPS) is 16.6. The van der Waals surface area contributed by atoms with Gasteiger partial charge in [0.2, 0.25) is 5.91 Å². The third-order valence-electron chi connectivity index (χ3n) is 2.56. The summed E-state index contributed by atoms with van der Waals surface area (Å²) in [6, 6.07) is -0.902. The van der Waals surface area contributed by atoms with Crippen molar-refractivity contribution in [3.63, 3.8) is 0 Å². The summed E-state index contributed by atoms with van der Waals surface area (Å²) in [5.74, 6) is -2.50. The molecule has 0 heterocycles. The Labute approximate surface area is 92.9 Å². The Morgan fingerprint density at radius 2 is 1.81 bits per heavy atom. The van der Waals surface area contributed by atoms with E-state index in [1.807, 2.05) is 0 Å². The average Bonchev–Trinajstić information content (AvgIpc) is 2.98. The van der Waals surface area contributed by atoms with Crippen LogP contribution in [0.25, 0.3) is 0 Å². The number of hydrogen-bond acceptors (Lipinski definition) is 3. The summed E-state index contributed by atoms with van der Waals surface area (Å²) in [4.78, 5) is 34.1. The van der Waals surface area contributed by atoms with Gasteiger partial charge in [0.1, 0.15) is 6.04 Å². The molecule has 0 aromatic rings. The molecule has 0 radical (unpaired) electrons. The minimum Gasteiger partial charge on any atom is -0.481 e. The second-order valence-corrected chi connectivity index (χ2v) is 3.94. The average molecular weight is 229 g/mol. The van der Waals surface area contributed by atoms with Gasteiger partial charge in [0.05, 0.1) is 6.42 Å². The Hall–Kier alpha value is -1.59. The molecule has 0 aromatic heterocycles. The van der Waals surface area contributed by atoms with Crippen molar-refractivity contribution in [1.82, 2.24) is 4.90 Å². The molecule has 1 aliphatic carbocycles. The van der Waals surface area contributed by atoms with Gasteiger partial charge < -0.3 is 15.1 Å². The van der Waals surface area contributed by atoms with Gasteiger partial charge in [0, 0.05) is 12.5 Å². The Morgan fingerprint density at radius 1 is 1.25 bits per heavy atom. The molecule has 0 bridgehead atoms. The van der Waals surface area contributed by atoms with Gasteiger partial charge in [0.25, 0.3) is 0 Å². The van der Waals surface area contributed by atoms with Crippen LogP contribution in [0.3, 0.4) is 0 Å². The van der Waals surface area contributed by atoms with E-state index in [4.69, 9.17) is 10.2 Å². The van der Waals surface area contributed by atoms with Gasteiger partial charge in [-0.05, 0) is 19.8 Å². The van der Waals surface area contributed by atoms with Gasteiger partial charge in [0.15, 0.2) is 0 Å². The molecular weight excluding hydrogens is 214 g/mol. The largest absolute Gasteiger partial charge is 0.481 e. The van der Waals surface area contributed by atoms with E-state index >= 15 is 0 Å². The molecule has 90 valence electrons. The van der Waals surface area contributed by atoms with Crippen LogP contribution in [0.5, 0.6) is 0 Å². The molecule has 0 spiro atoms. The molecule has 0 saturated heterocycles. The molecule has 6 heteroatoms. The van der Waals surface area contributed by atoms with Gasteiger partial charge >= 0.3 is 11.9 Å². The van der Waals surface area contributed by atoms with Crippen LogP contribution in [0, 0.1) is 0 Å². The first kappa shape index (κ1) is 12.5. The molecule has 1 rings (SSSR count). The second-order valence-electron chi connectivity index (χ2n) is 3.94. The summed E-state index contributed by atoms with van der Waals surface area (Å²) in [7, 11) is 0. The minimum absolute atomic E-state index is 0.0209. The quantitative estimate of drug-likeness (QED) is 0.683. The highest BCUT2D eigenvalue weighted by molar-refractivity contribution is 5.85. The zero-order chi connectivity index (χ0) is 12.3. The van der Waals surface area contributed by atoms with E-state index in [0.29, 0.717) is 0 Å². The molecule has 1 saturated carbocycles. The number of nitrogens with zero attached hydrogens (tertiary/aromatic N) is 1. The van der Waals surface area contributed by atoms with Crippen LogP contribution in [-0.4, -0.2) is 45.0 Å². The van der Waals surface area contributed by atoms with Gasteiger partial charge in [-0.2, -0.15) is 0 Å². The molecule has 1 atom stereocenters. The number of carbonyl (C=O) groups is 3. The first-order valence-electron chi connectivity index (χ1n) is 5.19. The summed E-state index contributed by atoms with van der Waals surface area (Å²) >= 11 is 0. The standard InChI is InChI=1S/C10H15NO5/c1-6(10(15)16)11(7-2-3-7)8(12)4-5-9(13)14/h6-7H,2-5H2,1H3,(H,13,14)(H,15,16).